The van der Waals surface area contributed by atoms with Crippen molar-refractivity contribution in [1.82, 2.24) is 9.97 Å². The predicted molar refractivity (Wildman–Crippen MR) is 96.1 cm³/mol. The van der Waals surface area contributed by atoms with E-state index in [1.54, 1.807) is 12.1 Å². The minimum Gasteiger partial charge on any atom is -0.495 e. The minimum absolute atomic E-state index is 0.155. The summed E-state index contributed by atoms with van der Waals surface area (Å²) in [5, 5.41) is 6.51. The standard InChI is InChI=1S/C17H21ClN4O2/c1-10-6-13(14(24-5)7-12(10)18)21-15(23)11-8-19-16(20-9-11)22-17(2,3)4/h6-9H,1-5H3,(H,21,23)(H,19,20,22). The second kappa shape index (κ2) is 7.05. The van der Waals surface area contributed by atoms with Crippen molar-refractivity contribution in [2.45, 2.75) is 33.2 Å². The Kier molecular flexibility index (Phi) is 5.29. The van der Waals surface area contributed by atoms with Gasteiger partial charge >= 0.3 is 0 Å². The van der Waals surface area contributed by atoms with Gasteiger partial charge in [0.2, 0.25) is 5.95 Å². The molecule has 0 unspecified atom stereocenters. The summed E-state index contributed by atoms with van der Waals surface area (Å²) < 4.78 is 5.25. The van der Waals surface area contributed by atoms with E-state index >= 15 is 0 Å². The Morgan fingerprint density at radius 1 is 1.21 bits per heavy atom. The van der Waals surface area contributed by atoms with Crippen LogP contribution in [0.3, 0.4) is 0 Å². The lowest BCUT2D eigenvalue weighted by atomic mass is 10.1. The first-order valence-corrected chi connectivity index (χ1v) is 7.83. The number of methoxy groups -OCH3 is 1. The number of hydrogen-bond acceptors (Lipinski definition) is 5. The molecule has 0 aliphatic carbocycles. The predicted octanol–water partition coefficient (Wildman–Crippen LogP) is 3.91. The molecule has 2 N–H and O–H groups in total. The van der Waals surface area contributed by atoms with Gasteiger partial charge in [-0.05, 0) is 39.3 Å². The fourth-order valence-corrected chi connectivity index (χ4v) is 2.12. The average Bonchev–Trinajstić information content (AvgIpc) is 2.49. The summed E-state index contributed by atoms with van der Waals surface area (Å²) in [5.74, 6) is 0.641. The lowest BCUT2D eigenvalue weighted by Crippen LogP contribution is -2.27. The number of aryl methyl sites for hydroxylation is 1. The number of nitrogens with zero attached hydrogens (tertiary/aromatic N) is 2. The Balaban J connectivity index is 2.17. The lowest BCUT2D eigenvalue weighted by Gasteiger charge is -2.20. The van der Waals surface area contributed by atoms with Crippen molar-refractivity contribution in [2.75, 3.05) is 17.7 Å². The molecule has 1 amide bonds. The van der Waals surface area contributed by atoms with Crippen LogP contribution in [0.15, 0.2) is 24.5 Å². The number of rotatable bonds is 4. The van der Waals surface area contributed by atoms with Crippen LogP contribution in [0.2, 0.25) is 5.02 Å². The first-order chi connectivity index (χ1) is 11.2. The van der Waals surface area contributed by atoms with Gasteiger partial charge in [0, 0.05) is 29.0 Å². The monoisotopic (exact) mass is 348 g/mol. The Hall–Kier alpha value is -2.34. The van der Waals surface area contributed by atoms with E-state index in [1.165, 1.54) is 19.5 Å². The molecule has 0 aliphatic heterocycles. The number of halogens is 1. The summed E-state index contributed by atoms with van der Waals surface area (Å²) in [5.41, 5.74) is 1.58. The summed E-state index contributed by atoms with van der Waals surface area (Å²) >= 11 is 6.07. The molecule has 6 nitrogen and oxygen atoms in total. The van der Waals surface area contributed by atoms with E-state index in [0.29, 0.717) is 28.0 Å². The molecular formula is C17H21ClN4O2. The van der Waals surface area contributed by atoms with Crippen LogP contribution >= 0.6 is 11.6 Å². The number of carbonyl (C=O) groups is 1. The number of aromatic nitrogens is 2. The Labute approximate surface area is 146 Å². The van der Waals surface area contributed by atoms with Gasteiger partial charge in [0.05, 0.1) is 18.4 Å². The average molecular weight is 349 g/mol. The Morgan fingerprint density at radius 3 is 2.38 bits per heavy atom. The first-order valence-electron chi connectivity index (χ1n) is 7.45. The molecule has 1 aromatic heterocycles. The van der Waals surface area contributed by atoms with Crippen molar-refractivity contribution in [3.63, 3.8) is 0 Å². The second-order valence-corrected chi connectivity index (χ2v) is 6.83. The van der Waals surface area contributed by atoms with Gasteiger partial charge in [0.15, 0.2) is 0 Å². The van der Waals surface area contributed by atoms with E-state index in [1.807, 2.05) is 27.7 Å². The molecule has 0 fully saturated rings. The van der Waals surface area contributed by atoms with Crippen LogP contribution in [0.4, 0.5) is 11.6 Å². The van der Waals surface area contributed by atoms with Crippen molar-refractivity contribution in [1.29, 1.82) is 0 Å². The zero-order valence-corrected chi connectivity index (χ0v) is 15.2. The van der Waals surface area contributed by atoms with Crippen LogP contribution in [-0.4, -0.2) is 28.5 Å². The third-order valence-corrected chi connectivity index (χ3v) is 3.54. The van der Waals surface area contributed by atoms with Crippen LogP contribution in [0.5, 0.6) is 5.75 Å². The molecule has 2 rings (SSSR count). The molecule has 1 heterocycles. The number of amides is 1. The largest absolute Gasteiger partial charge is 0.495 e. The van der Waals surface area contributed by atoms with Gasteiger partial charge in [-0.25, -0.2) is 9.97 Å². The molecular weight excluding hydrogens is 328 g/mol. The number of anilines is 2. The highest BCUT2D eigenvalue weighted by Crippen LogP contribution is 2.31. The van der Waals surface area contributed by atoms with Crippen molar-refractivity contribution in [3.8, 4) is 5.75 Å². The highest BCUT2D eigenvalue weighted by Gasteiger charge is 2.14. The molecule has 0 aliphatic rings. The zero-order chi connectivity index (χ0) is 17.9. The van der Waals surface area contributed by atoms with Gasteiger partial charge in [-0.1, -0.05) is 11.6 Å². The molecule has 0 saturated heterocycles. The van der Waals surface area contributed by atoms with E-state index < -0.39 is 0 Å². The van der Waals surface area contributed by atoms with Crippen LogP contribution in [0.25, 0.3) is 0 Å². The smallest absolute Gasteiger partial charge is 0.258 e. The minimum atomic E-state index is -0.322. The summed E-state index contributed by atoms with van der Waals surface area (Å²) in [7, 11) is 1.52. The van der Waals surface area contributed by atoms with Gasteiger partial charge in [-0.2, -0.15) is 0 Å². The molecule has 7 heteroatoms. The van der Waals surface area contributed by atoms with E-state index in [0.717, 1.165) is 5.56 Å². The van der Waals surface area contributed by atoms with Gasteiger partial charge in [-0.3, -0.25) is 4.79 Å². The molecule has 0 saturated carbocycles. The van der Waals surface area contributed by atoms with Crippen LogP contribution in [-0.2, 0) is 0 Å². The quantitative estimate of drug-likeness (QED) is 0.876. The van der Waals surface area contributed by atoms with Crippen LogP contribution in [0.1, 0.15) is 36.7 Å². The van der Waals surface area contributed by atoms with Gasteiger partial charge in [0.25, 0.3) is 5.91 Å². The number of hydrogen-bond donors (Lipinski definition) is 2. The molecule has 0 bridgehead atoms. The zero-order valence-electron chi connectivity index (χ0n) is 14.4. The number of carbonyl (C=O) groups excluding carboxylic acids is 1. The molecule has 2 aromatic rings. The molecule has 128 valence electrons. The third-order valence-electron chi connectivity index (χ3n) is 3.13. The number of ether oxygens (including phenoxy) is 1. The fraction of sp³-hybridized carbons (Fsp3) is 0.353. The number of nitrogens with one attached hydrogen (secondary N) is 2. The fourth-order valence-electron chi connectivity index (χ4n) is 1.97. The maximum absolute atomic E-state index is 12.4. The van der Waals surface area contributed by atoms with Crippen molar-refractivity contribution >= 4 is 29.1 Å². The summed E-state index contributed by atoms with van der Waals surface area (Å²) in [6, 6.07) is 3.43. The lowest BCUT2D eigenvalue weighted by molar-refractivity contribution is 0.102. The molecule has 1 aromatic carbocycles. The highest BCUT2D eigenvalue weighted by molar-refractivity contribution is 6.31. The van der Waals surface area contributed by atoms with E-state index in [-0.39, 0.29) is 11.4 Å². The van der Waals surface area contributed by atoms with E-state index in [9.17, 15) is 4.79 Å². The third kappa shape index (κ3) is 4.58. The molecule has 0 spiro atoms. The van der Waals surface area contributed by atoms with Gasteiger partial charge in [0.1, 0.15) is 5.75 Å². The van der Waals surface area contributed by atoms with E-state index in [4.69, 9.17) is 16.3 Å². The van der Waals surface area contributed by atoms with Crippen molar-refractivity contribution < 1.29 is 9.53 Å². The van der Waals surface area contributed by atoms with Crippen molar-refractivity contribution in [2.24, 2.45) is 0 Å². The number of benzene rings is 1. The normalized spacial score (nSPS) is 11.1. The Morgan fingerprint density at radius 2 is 1.83 bits per heavy atom. The highest BCUT2D eigenvalue weighted by atomic mass is 35.5. The summed E-state index contributed by atoms with van der Waals surface area (Å²) in [6.07, 6.45) is 2.96. The van der Waals surface area contributed by atoms with Gasteiger partial charge in [-0.15, -0.1) is 0 Å². The maximum atomic E-state index is 12.4. The molecule has 24 heavy (non-hydrogen) atoms. The van der Waals surface area contributed by atoms with E-state index in [2.05, 4.69) is 20.6 Å². The van der Waals surface area contributed by atoms with Gasteiger partial charge < -0.3 is 15.4 Å². The van der Waals surface area contributed by atoms with Crippen LogP contribution in [0, 0.1) is 6.92 Å². The van der Waals surface area contributed by atoms with Crippen molar-refractivity contribution in [3.05, 3.63) is 40.7 Å². The van der Waals surface area contributed by atoms with Crippen LogP contribution < -0.4 is 15.4 Å². The first kappa shape index (κ1) is 18.0. The topological polar surface area (TPSA) is 76.1 Å². The SMILES string of the molecule is COc1cc(Cl)c(C)cc1NC(=O)c1cnc(NC(C)(C)C)nc1. The summed E-state index contributed by atoms with van der Waals surface area (Å²) in [4.78, 5) is 20.7. The summed E-state index contributed by atoms with van der Waals surface area (Å²) in [6.45, 7) is 7.87. The maximum Gasteiger partial charge on any atom is 0.258 e. The second-order valence-electron chi connectivity index (χ2n) is 6.43. The Bertz CT molecular complexity index is 739. The molecule has 0 atom stereocenters. The molecule has 0 radical (unpaired) electrons.